The minimum atomic E-state index is -4.43. The minimum absolute atomic E-state index is 0.0543. The Kier molecular flexibility index (Phi) is 8.23. The van der Waals surface area contributed by atoms with Gasteiger partial charge < -0.3 is 21.0 Å². The first-order valence-corrected chi connectivity index (χ1v) is 12.8. The van der Waals surface area contributed by atoms with Crippen LogP contribution >= 0.6 is 11.7 Å². The van der Waals surface area contributed by atoms with Gasteiger partial charge in [-0.05, 0) is 37.3 Å². The number of aromatic nitrogens is 4. The number of piperidine rings is 1. The number of alkyl halides is 5. The number of nitrogens with one attached hydrogen (secondary N) is 4. The Balaban J connectivity index is 1.43. The molecule has 38 heavy (non-hydrogen) atoms. The number of rotatable bonds is 8. The first kappa shape index (κ1) is 27.8. The van der Waals surface area contributed by atoms with Crippen LogP contribution < -0.4 is 10.6 Å². The number of aromatic amines is 1. The normalized spacial score (nSPS) is 23.2. The third-order valence-electron chi connectivity index (χ3n) is 6.90. The van der Waals surface area contributed by atoms with Crippen LogP contribution in [0.1, 0.15) is 66.6 Å². The number of amides is 2. The Morgan fingerprint density at radius 2 is 2.03 bits per heavy atom. The van der Waals surface area contributed by atoms with Crippen molar-refractivity contribution in [1.82, 2.24) is 29.3 Å². The van der Waals surface area contributed by atoms with Crippen LogP contribution in [0.25, 0.3) is 6.08 Å². The first-order chi connectivity index (χ1) is 17.9. The first-order valence-electron chi connectivity index (χ1n) is 12.0. The molecule has 0 radical (unpaired) electrons. The van der Waals surface area contributed by atoms with Gasteiger partial charge in [0.1, 0.15) is 5.82 Å². The molecule has 3 atom stereocenters. The molecule has 0 bridgehead atoms. The van der Waals surface area contributed by atoms with E-state index in [0.29, 0.717) is 11.5 Å². The number of carbonyl (C=O) groups is 2. The Morgan fingerprint density at radius 1 is 1.29 bits per heavy atom. The lowest BCUT2D eigenvalue weighted by Gasteiger charge is -2.33. The SMILES string of the molecule is N=C(/C=C\c1ncc([C@@H](NC(=O)c2cnsn2)C2CCC(F)(F)CC2)[nH]1)CC1C[C@@H](C(F)(F)F)CNC1=O. The number of allylic oxidation sites excluding steroid dienone is 1. The van der Waals surface area contributed by atoms with Crippen LogP contribution in [-0.4, -0.2) is 54.9 Å². The summed E-state index contributed by atoms with van der Waals surface area (Å²) in [7, 11) is 0. The van der Waals surface area contributed by atoms with Crippen molar-refractivity contribution in [1.29, 1.82) is 5.41 Å². The molecule has 15 heteroatoms. The van der Waals surface area contributed by atoms with Crippen molar-refractivity contribution >= 4 is 35.3 Å². The topological polar surface area (TPSA) is 137 Å². The van der Waals surface area contributed by atoms with Gasteiger partial charge in [-0.15, -0.1) is 0 Å². The molecule has 2 fully saturated rings. The van der Waals surface area contributed by atoms with E-state index in [0.717, 1.165) is 11.7 Å². The van der Waals surface area contributed by atoms with E-state index in [9.17, 15) is 31.5 Å². The summed E-state index contributed by atoms with van der Waals surface area (Å²) in [5.74, 6) is -6.38. The molecule has 1 aliphatic heterocycles. The van der Waals surface area contributed by atoms with E-state index >= 15 is 0 Å². The van der Waals surface area contributed by atoms with E-state index < -0.39 is 48.3 Å². The van der Waals surface area contributed by atoms with Gasteiger partial charge in [0.2, 0.25) is 11.8 Å². The van der Waals surface area contributed by atoms with E-state index in [1.165, 1.54) is 24.5 Å². The zero-order valence-corrected chi connectivity index (χ0v) is 20.8. The fourth-order valence-corrected chi connectivity index (χ4v) is 5.17. The lowest BCUT2D eigenvalue weighted by molar-refractivity contribution is -0.183. The number of imidazole rings is 1. The van der Waals surface area contributed by atoms with Crippen molar-refractivity contribution in [3.8, 4) is 0 Å². The largest absolute Gasteiger partial charge is 0.393 e. The molecule has 4 rings (SSSR count). The van der Waals surface area contributed by atoms with Crippen LogP contribution in [0.5, 0.6) is 0 Å². The fourth-order valence-electron chi connectivity index (χ4n) is 4.76. The maximum Gasteiger partial charge on any atom is 0.393 e. The second kappa shape index (κ2) is 11.3. The predicted molar refractivity (Wildman–Crippen MR) is 128 cm³/mol. The number of carbonyl (C=O) groups excluding carboxylic acids is 2. The van der Waals surface area contributed by atoms with Gasteiger partial charge in [-0.2, -0.15) is 21.9 Å². The Morgan fingerprint density at radius 3 is 2.68 bits per heavy atom. The maximum atomic E-state index is 13.7. The smallest absolute Gasteiger partial charge is 0.355 e. The van der Waals surface area contributed by atoms with E-state index in [2.05, 4.69) is 29.3 Å². The second-order valence-corrected chi connectivity index (χ2v) is 10.2. The summed E-state index contributed by atoms with van der Waals surface area (Å²) in [4.78, 5) is 31.9. The van der Waals surface area contributed by atoms with Gasteiger partial charge in [-0.3, -0.25) is 9.59 Å². The maximum absolute atomic E-state index is 13.7. The molecule has 0 spiro atoms. The minimum Gasteiger partial charge on any atom is -0.355 e. The average Bonchev–Trinajstić information content (AvgIpc) is 3.55. The van der Waals surface area contributed by atoms with Gasteiger partial charge in [0, 0.05) is 37.4 Å². The molecule has 1 saturated carbocycles. The van der Waals surface area contributed by atoms with E-state index in [1.54, 1.807) is 0 Å². The molecular formula is C23H26F5N7O2S. The van der Waals surface area contributed by atoms with E-state index in [4.69, 9.17) is 5.41 Å². The number of hydrogen-bond acceptors (Lipinski definition) is 7. The van der Waals surface area contributed by atoms with Crippen LogP contribution in [0.15, 0.2) is 18.5 Å². The van der Waals surface area contributed by atoms with Crippen molar-refractivity contribution in [2.24, 2.45) is 17.8 Å². The van der Waals surface area contributed by atoms with E-state index in [1.807, 2.05) is 0 Å². The van der Waals surface area contributed by atoms with Gasteiger partial charge >= 0.3 is 6.18 Å². The van der Waals surface area contributed by atoms with Crippen LogP contribution in [-0.2, 0) is 4.79 Å². The van der Waals surface area contributed by atoms with Gasteiger partial charge in [-0.1, -0.05) is 0 Å². The standard InChI is InChI=1S/C23H26F5N7O2S/c24-22(25)5-3-12(4-6-22)19(34-21(37)17-11-32-38-35-17)16-10-30-18(33-16)2-1-15(29)8-13-7-14(23(26,27)28)9-31-20(13)36/h1-2,10-14,19,29H,3-9H2,(H,30,33)(H,31,36)(H,34,37)/b2-1-,29-15?/t13?,14-,19+/m1/s1. The van der Waals surface area contributed by atoms with Gasteiger partial charge in [0.25, 0.3) is 5.91 Å². The summed E-state index contributed by atoms with van der Waals surface area (Å²) in [6, 6.07) is -0.653. The van der Waals surface area contributed by atoms with Gasteiger partial charge in [-0.25, -0.2) is 13.8 Å². The zero-order valence-electron chi connectivity index (χ0n) is 20.0. The number of hydrogen-bond donors (Lipinski definition) is 4. The van der Waals surface area contributed by atoms with Crippen molar-refractivity contribution in [3.05, 3.63) is 35.7 Å². The Labute approximate surface area is 218 Å². The van der Waals surface area contributed by atoms with Gasteiger partial charge in [0.15, 0.2) is 5.69 Å². The second-order valence-electron chi connectivity index (χ2n) is 9.64. The molecular weight excluding hydrogens is 533 g/mol. The zero-order chi connectivity index (χ0) is 27.5. The summed E-state index contributed by atoms with van der Waals surface area (Å²) in [6.07, 6.45) is 0.333. The molecule has 1 aliphatic carbocycles. The van der Waals surface area contributed by atoms with Crippen molar-refractivity contribution in [3.63, 3.8) is 0 Å². The Bertz CT molecular complexity index is 1170. The molecule has 206 valence electrons. The summed E-state index contributed by atoms with van der Waals surface area (Å²) in [5.41, 5.74) is 0.526. The fraction of sp³-hybridized carbons (Fsp3) is 0.565. The molecule has 9 nitrogen and oxygen atoms in total. The van der Waals surface area contributed by atoms with Crippen LogP contribution in [0, 0.1) is 23.2 Å². The third-order valence-corrected chi connectivity index (χ3v) is 7.38. The van der Waals surface area contributed by atoms with Crippen LogP contribution in [0.4, 0.5) is 22.0 Å². The molecule has 0 aromatic carbocycles. The summed E-state index contributed by atoms with van der Waals surface area (Å²) < 4.78 is 74.3. The molecule has 3 heterocycles. The number of nitrogens with zero attached hydrogens (tertiary/aromatic N) is 3. The molecule has 2 amide bonds. The highest BCUT2D eigenvalue weighted by Gasteiger charge is 2.44. The average molecular weight is 560 g/mol. The summed E-state index contributed by atoms with van der Waals surface area (Å²) >= 11 is 0.863. The lowest BCUT2D eigenvalue weighted by atomic mass is 9.81. The highest BCUT2D eigenvalue weighted by molar-refractivity contribution is 6.99. The molecule has 1 unspecified atom stereocenters. The molecule has 2 aromatic heterocycles. The highest BCUT2D eigenvalue weighted by atomic mass is 32.1. The number of H-pyrrole nitrogens is 1. The quantitative estimate of drug-likeness (QED) is 0.283. The van der Waals surface area contributed by atoms with Gasteiger partial charge in [0.05, 0.1) is 41.8 Å². The molecule has 2 aliphatic rings. The van der Waals surface area contributed by atoms with Crippen LogP contribution in [0.3, 0.4) is 0 Å². The van der Waals surface area contributed by atoms with Crippen LogP contribution in [0.2, 0.25) is 0 Å². The Hall–Kier alpha value is -3.23. The third kappa shape index (κ3) is 6.99. The number of halogens is 5. The predicted octanol–water partition coefficient (Wildman–Crippen LogP) is 4.30. The highest BCUT2D eigenvalue weighted by Crippen LogP contribution is 2.41. The molecule has 2 aromatic rings. The summed E-state index contributed by atoms with van der Waals surface area (Å²) in [5, 5.41) is 13.2. The molecule has 1 saturated heterocycles. The van der Waals surface area contributed by atoms with Crippen molar-refractivity contribution < 1.29 is 31.5 Å². The molecule has 4 N–H and O–H groups in total. The lowest BCUT2D eigenvalue weighted by Crippen LogP contribution is -2.46. The van der Waals surface area contributed by atoms with Crippen molar-refractivity contribution in [2.45, 2.75) is 56.7 Å². The monoisotopic (exact) mass is 559 g/mol. The summed E-state index contributed by atoms with van der Waals surface area (Å²) in [6.45, 7) is -0.466. The van der Waals surface area contributed by atoms with Crippen molar-refractivity contribution in [2.75, 3.05) is 6.54 Å². The van der Waals surface area contributed by atoms with E-state index in [-0.39, 0.29) is 55.8 Å².